The maximum Gasteiger partial charge on any atom is 0.256 e. The molecule has 5 nitrogen and oxygen atoms in total. The summed E-state index contributed by atoms with van der Waals surface area (Å²) in [5, 5.41) is 16.3. The Kier molecular flexibility index (Phi) is 2.71. The zero-order chi connectivity index (χ0) is 11.8. The van der Waals surface area contributed by atoms with Gasteiger partial charge in [0.25, 0.3) is 5.91 Å². The first-order chi connectivity index (χ1) is 7.50. The molecule has 1 atom stereocenters. The van der Waals surface area contributed by atoms with Crippen LogP contribution in [0, 0.1) is 12.8 Å². The van der Waals surface area contributed by atoms with Crippen LogP contribution in [0.4, 0.5) is 0 Å². The number of nitrogens with zero attached hydrogens (tertiary/aromatic N) is 1. The third-order valence-electron chi connectivity index (χ3n) is 3.06. The van der Waals surface area contributed by atoms with Gasteiger partial charge in [-0.2, -0.15) is 0 Å². The summed E-state index contributed by atoms with van der Waals surface area (Å²) in [4.78, 5) is 11.7. The fourth-order valence-electron chi connectivity index (χ4n) is 1.72. The molecule has 16 heavy (non-hydrogen) atoms. The topological polar surface area (TPSA) is 75.4 Å². The Labute approximate surface area is 93.8 Å². The number of hydrogen-bond donors (Lipinski definition) is 2. The van der Waals surface area contributed by atoms with Crippen LogP contribution in [0.1, 0.15) is 35.9 Å². The lowest BCUT2D eigenvalue weighted by Gasteiger charge is -2.23. The molecule has 1 amide bonds. The highest BCUT2D eigenvalue weighted by Crippen LogP contribution is 2.39. The van der Waals surface area contributed by atoms with Gasteiger partial charge in [-0.3, -0.25) is 4.79 Å². The van der Waals surface area contributed by atoms with E-state index in [4.69, 9.17) is 4.52 Å². The second kappa shape index (κ2) is 3.90. The predicted molar refractivity (Wildman–Crippen MR) is 56.9 cm³/mol. The predicted octanol–water partition coefficient (Wildman–Crippen LogP) is 0.874. The van der Waals surface area contributed by atoms with Gasteiger partial charge in [-0.1, -0.05) is 5.16 Å². The highest BCUT2D eigenvalue weighted by molar-refractivity contribution is 5.94. The van der Waals surface area contributed by atoms with Crippen LogP contribution in [0.25, 0.3) is 0 Å². The largest absolute Gasteiger partial charge is 0.388 e. The van der Waals surface area contributed by atoms with Crippen LogP contribution in [0.2, 0.25) is 0 Å². The number of aromatic nitrogens is 1. The molecule has 0 aromatic carbocycles. The third-order valence-corrected chi connectivity index (χ3v) is 3.06. The van der Waals surface area contributed by atoms with Gasteiger partial charge in [0.1, 0.15) is 11.3 Å². The molecule has 1 aromatic heterocycles. The number of aliphatic hydroxyl groups is 1. The van der Waals surface area contributed by atoms with Crippen LogP contribution in [0.5, 0.6) is 0 Å². The van der Waals surface area contributed by atoms with Crippen LogP contribution < -0.4 is 5.32 Å². The summed E-state index contributed by atoms with van der Waals surface area (Å²) < 4.78 is 4.80. The van der Waals surface area contributed by atoms with E-state index in [9.17, 15) is 9.90 Å². The number of hydrogen-bond acceptors (Lipinski definition) is 4. The van der Waals surface area contributed by atoms with E-state index in [-0.39, 0.29) is 12.5 Å². The molecular formula is C11H16N2O3. The first-order valence-corrected chi connectivity index (χ1v) is 5.42. The molecule has 0 radical (unpaired) electrons. The van der Waals surface area contributed by atoms with Gasteiger partial charge in [-0.15, -0.1) is 0 Å². The Hall–Kier alpha value is -1.36. The fraction of sp³-hybridized carbons (Fsp3) is 0.636. The minimum absolute atomic E-state index is 0.250. The summed E-state index contributed by atoms with van der Waals surface area (Å²) in [6, 6.07) is 0. The second-order valence-corrected chi connectivity index (χ2v) is 4.61. The number of carbonyl (C=O) groups excluding carboxylic acids is 1. The van der Waals surface area contributed by atoms with E-state index in [0.29, 0.717) is 17.2 Å². The zero-order valence-corrected chi connectivity index (χ0v) is 9.49. The quantitative estimate of drug-likeness (QED) is 0.795. The number of rotatable bonds is 4. The van der Waals surface area contributed by atoms with Gasteiger partial charge in [0.2, 0.25) is 0 Å². The fourth-order valence-corrected chi connectivity index (χ4v) is 1.72. The molecule has 1 heterocycles. The monoisotopic (exact) mass is 224 g/mol. The molecule has 5 heteroatoms. The molecule has 2 rings (SSSR count). The van der Waals surface area contributed by atoms with Gasteiger partial charge >= 0.3 is 0 Å². The molecule has 1 saturated carbocycles. The van der Waals surface area contributed by atoms with Crippen molar-refractivity contribution in [1.29, 1.82) is 0 Å². The smallest absolute Gasteiger partial charge is 0.256 e. The van der Waals surface area contributed by atoms with Crippen molar-refractivity contribution >= 4 is 5.91 Å². The van der Waals surface area contributed by atoms with E-state index in [2.05, 4.69) is 10.5 Å². The minimum Gasteiger partial charge on any atom is -0.388 e. The Balaban J connectivity index is 1.91. The standard InChI is InChI=1S/C11H16N2O3/c1-7-9(5-13-16-7)10(14)12-6-11(2,15)8-3-4-8/h5,8,15H,3-4,6H2,1-2H3,(H,12,14). The average Bonchev–Trinajstić information content (AvgIpc) is 3.00. The van der Waals surface area contributed by atoms with E-state index in [1.165, 1.54) is 6.20 Å². The minimum atomic E-state index is -0.805. The van der Waals surface area contributed by atoms with Crippen molar-refractivity contribution in [2.24, 2.45) is 5.92 Å². The van der Waals surface area contributed by atoms with Crippen molar-refractivity contribution < 1.29 is 14.4 Å². The number of aryl methyl sites for hydroxylation is 1. The Bertz CT molecular complexity index is 394. The van der Waals surface area contributed by atoms with E-state index in [1.807, 2.05) is 0 Å². The van der Waals surface area contributed by atoms with Gasteiger partial charge in [0.05, 0.1) is 11.8 Å². The van der Waals surface area contributed by atoms with Gasteiger partial charge in [-0.25, -0.2) is 0 Å². The molecule has 0 bridgehead atoms. The van der Waals surface area contributed by atoms with Crippen molar-refractivity contribution in [3.8, 4) is 0 Å². The summed E-state index contributed by atoms with van der Waals surface area (Å²) in [6.45, 7) is 3.70. The average molecular weight is 224 g/mol. The molecule has 1 unspecified atom stereocenters. The molecule has 1 aliphatic rings. The maximum atomic E-state index is 11.7. The number of carbonyl (C=O) groups is 1. The lowest BCUT2D eigenvalue weighted by molar-refractivity contribution is 0.0354. The summed E-state index contributed by atoms with van der Waals surface area (Å²) in [6.07, 6.45) is 3.46. The van der Waals surface area contributed by atoms with E-state index < -0.39 is 5.60 Å². The number of nitrogens with one attached hydrogen (secondary N) is 1. The molecule has 1 aromatic rings. The molecule has 1 fully saturated rings. The van der Waals surface area contributed by atoms with Crippen molar-refractivity contribution in [3.05, 3.63) is 17.5 Å². The van der Waals surface area contributed by atoms with Crippen LogP contribution in [-0.2, 0) is 0 Å². The molecule has 88 valence electrons. The highest BCUT2D eigenvalue weighted by Gasteiger charge is 2.40. The first kappa shape index (κ1) is 11.1. The zero-order valence-electron chi connectivity index (χ0n) is 9.49. The molecule has 0 saturated heterocycles. The van der Waals surface area contributed by atoms with Crippen molar-refractivity contribution in [3.63, 3.8) is 0 Å². The van der Waals surface area contributed by atoms with E-state index in [1.54, 1.807) is 13.8 Å². The van der Waals surface area contributed by atoms with Crippen LogP contribution >= 0.6 is 0 Å². The van der Waals surface area contributed by atoms with Crippen molar-refractivity contribution in [1.82, 2.24) is 10.5 Å². The first-order valence-electron chi connectivity index (χ1n) is 5.42. The van der Waals surface area contributed by atoms with Crippen LogP contribution in [-0.4, -0.2) is 28.3 Å². The van der Waals surface area contributed by atoms with E-state index >= 15 is 0 Å². The lowest BCUT2D eigenvalue weighted by Crippen LogP contribution is -2.42. The highest BCUT2D eigenvalue weighted by atomic mass is 16.5. The molecule has 0 aliphatic heterocycles. The van der Waals surface area contributed by atoms with Gasteiger partial charge in [0, 0.05) is 6.54 Å². The van der Waals surface area contributed by atoms with Gasteiger partial charge < -0.3 is 14.9 Å². The SMILES string of the molecule is Cc1oncc1C(=O)NCC(C)(O)C1CC1. The Morgan fingerprint density at radius 3 is 2.94 bits per heavy atom. The van der Waals surface area contributed by atoms with Crippen LogP contribution in [0.3, 0.4) is 0 Å². The molecule has 0 spiro atoms. The van der Waals surface area contributed by atoms with Crippen LogP contribution in [0.15, 0.2) is 10.7 Å². The lowest BCUT2D eigenvalue weighted by atomic mass is 10.0. The summed E-state index contributed by atoms with van der Waals surface area (Å²) in [5.74, 6) is 0.555. The molecule has 2 N–H and O–H groups in total. The van der Waals surface area contributed by atoms with Gasteiger partial charge in [0.15, 0.2) is 0 Å². The van der Waals surface area contributed by atoms with E-state index in [0.717, 1.165) is 12.8 Å². The number of amides is 1. The molecular weight excluding hydrogens is 208 g/mol. The van der Waals surface area contributed by atoms with Crippen molar-refractivity contribution in [2.75, 3.05) is 6.54 Å². The third kappa shape index (κ3) is 2.24. The maximum absolute atomic E-state index is 11.7. The molecule has 1 aliphatic carbocycles. The van der Waals surface area contributed by atoms with Crippen molar-refractivity contribution in [2.45, 2.75) is 32.3 Å². The normalized spacial score (nSPS) is 19.2. The summed E-state index contributed by atoms with van der Waals surface area (Å²) in [7, 11) is 0. The summed E-state index contributed by atoms with van der Waals surface area (Å²) >= 11 is 0. The Morgan fingerprint density at radius 2 is 2.44 bits per heavy atom. The van der Waals surface area contributed by atoms with Gasteiger partial charge in [-0.05, 0) is 32.6 Å². The summed E-state index contributed by atoms with van der Waals surface area (Å²) in [5.41, 5.74) is -0.382. The Morgan fingerprint density at radius 1 is 1.75 bits per heavy atom. The second-order valence-electron chi connectivity index (χ2n) is 4.61.